The lowest BCUT2D eigenvalue weighted by atomic mass is 9.89. The van der Waals surface area contributed by atoms with E-state index in [4.69, 9.17) is 9.31 Å². The molecule has 0 amide bonds. The summed E-state index contributed by atoms with van der Waals surface area (Å²) in [7, 11) is -0.552. The SMILES string of the molecule is CC1(C)OB(/C=C/c2cc[nH]c(=O)c2F)OC1(C)C. The maximum atomic E-state index is 13.5. The van der Waals surface area contributed by atoms with Gasteiger partial charge in [0.05, 0.1) is 11.2 Å². The fourth-order valence-corrected chi connectivity index (χ4v) is 1.75. The zero-order chi connectivity index (χ0) is 14.3. The summed E-state index contributed by atoms with van der Waals surface area (Å²) in [6.07, 6.45) is 2.89. The Balaban J connectivity index is 2.17. The Bertz CT molecular complexity index is 549. The molecule has 0 spiro atoms. The van der Waals surface area contributed by atoms with E-state index in [-0.39, 0.29) is 5.56 Å². The first kappa shape index (κ1) is 14.0. The first-order chi connectivity index (χ1) is 8.73. The molecule has 1 aromatic heterocycles. The molecule has 0 saturated carbocycles. The van der Waals surface area contributed by atoms with Gasteiger partial charge in [0.2, 0.25) is 0 Å². The Morgan fingerprint density at radius 1 is 1.26 bits per heavy atom. The summed E-state index contributed by atoms with van der Waals surface area (Å²) < 4.78 is 25.0. The standard InChI is InChI=1S/C13H17BFNO3/c1-12(2)13(3,4)19-14(18-12)7-5-9-6-8-16-11(17)10(9)15/h5-8H,1-4H3,(H,16,17)/b7-5+. The van der Waals surface area contributed by atoms with Gasteiger partial charge in [-0.05, 0) is 33.8 Å². The Morgan fingerprint density at radius 3 is 2.42 bits per heavy atom. The van der Waals surface area contributed by atoms with Gasteiger partial charge in [-0.15, -0.1) is 0 Å². The molecule has 1 aliphatic rings. The molecular formula is C13H17BFNO3. The van der Waals surface area contributed by atoms with Gasteiger partial charge in [0.15, 0.2) is 5.82 Å². The second-order valence-corrected chi connectivity index (χ2v) is 5.56. The number of aromatic amines is 1. The second-order valence-electron chi connectivity index (χ2n) is 5.56. The van der Waals surface area contributed by atoms with Crippen LogP contribution in [0, 0.1) is 5.82 Å². The maximum Gasteiger partial charge on any atom is 0.487 e. The van der Waals surface area contributed by atoms with E-state index >= 15 is 0 Å². The highest BCUT2D eigenvalue weighted by atomic mass is 19.1. The average Bonchev–Trinajstić information content (AvgIpc) is 2.50. The van der Waals surface area contributed by atoms with E-state index in [1.54, 1.807) is 5.98 Å². The molecule has 1 N–H and O–H groups in total. The molecule has 1 aromatic rings. The first-order valence-corrected chi connectivity index (χ1v) is 6.14. The van der Waals surface area contributed by atoms with Crippen LogP contribution in [0.3, 0.4) is 0 Å². The molecule has 2 rings (SSSR count). The van der Waals surface area contributed by atoms with Crippen molar-refractivity contribution in [2.45, 2.75) is 38.9 Å². The van der Waals surface area contributed by atoms with Gasteiger partial charge in [-0.25, -0.2) is 4.39 Å². The molecule has 19 heavy (non-hydrogen) atoms. The lowest BCUT2D eigenvalue weighted by molar-refractivity contribution is 0.00578. The number of hydrogen-bond acceptors (Lipinski definition) is 3. The highest BCUT2D eigenvalue weighted by molar-refractivity contribution is 6.52. The van der Waals surface area contributed by atoms with Crippen molar-refractivity contribution in [1.82, 2.24) is 4.98 Å². The molecule has 1 saturated heterocycles. The molecule has 0 aliphatic carbocycles. The van der Waals surface area contributed by atoms with Crippen molar-refractivity contribution in [2.75, 3.05) is 0 Å². The molecule has 0 unspecified atom stereocenters. The van der Waals surface area contributed by atoms with Gasteiger partial charge >= 0.3 is 7.12 Å². The largest absolute Gasteiger partial charge is 0.487 e. The highest BCUT2D eigenvalue weighted by Crippen LogP contribution is 2.36. The highest BCUT2D eigenvalue weighted by Gasteiger charge is 2.49. The van der Waals surface area contributed by atoms with E-state index in [0.717, 1.165) is 0 Å². The number of rotatable bonds is 2. The van der Waals surface area contributed by atoms with Crippen molar-refractivity contribution in [3.63, 3.8) is 0 Å². The van der Waals surface area contributed by atoms with Crippen LogP contribution in [-0.4, -0.2) is 23.3 Å². The van der Waals surface area contributed by atoms with Crippen molar-refractivity contribution in [2.24, 2.45) is 0 Å². The Morgan fingerprint density at radius 2 is 1.84 bits per heavy atom. The molecule has 1 aliphatic heterocycles. The lowest BCUT2D eigenvalue weighted by Gasteiger charge is -2.32. The fraction of sp³-hybridized carbons (Fsp3) is 0.462. The topological polar surface area (TPSA) is 51.3 Å². The third-order valence-corrected chi connectivity index (χ3v) is 3.63. The molecule has 0 radical (unpaired) electrons. The van der Waals surface area contributed by atoms with Crippen molar-refractivity contribution < 1.29 is 13.7 Å². The molecular weight excluding hydrogens is 248 g/mol. The van der Waals surface area contributed by atoms with Gasteiger partial charge in [0.25, 0.3) is 5.56 Å². The van der Waals surface area contributed by atoms with E-state index in [0.29, 0.717) is 0 Å². The normalized spacial score (nSPS) is 21.2. The van der Waals surface area contributed by atoms with E-state index in [1.807, 2.05) is 27.7 Å². The minimum atomic E-state index is -0.810. The van der Waals surface area contributed by atoms with Gasteiger partial charge in [0, 0.05) is 11.8 Å². The van der Waals surface area contributed by atoms with Crippen LogP contribution in [0.15, 0.2) is 23.0 Å². The molecule has 0 aromatic carbocycles. The number of hydrogen-bond donors (Lipinski definition) is 1. The molecule has 0 bridgehead atoms. The second kappa shape index (κ2) is 4.61. The summed E-state index contributed by atoms with van der Waals surface area (Å²) in [4.78, 5) is 13.4. The van der Waals surface area contributed by atoms with Crippen molar-refractivity contribution >= 4 is 13.2 Å². The third kappa shape index (κ3) is 2.64. The van der Waals surface area contributed by atoms with Crippen LogP contribution in [0.4, 0.5) is 4.39 Å². The zero-order valence-corrected chi connectivity index (χ0v) is 11.5. The van der Waals surface area contributed by atoms with Crippen molar-refractivity contribution in [3.05, 3.63) is 40.0 Å². The maximum absolute atomic E-state index is 13.5. The predicted molar refractivity (Wildman–Crippen MR) is 72.1 cm³/mol. The summed E-state index contributed by atoms with van der Waals surface area (Å²) in [5.41, 5.74) is -1.40. The smallest absolute Gasteiger partial charge is 0.400 e. The molecule has 0 atom stereocenters. The Hall–Kier alpha value is -1.40. The summed E-state index contributed by atoms with van der Waals surface area (Å²) in [6.45, 7) is 7.76. The summed E-state index contributed by atoms with van der Waals surface area (Å²) >= 11 is 0. The first-order valence-electron chi connectivity index (χ1n) is 6.14. The number of nitrogens with one attached hydrogen (secondary N) is 1. The third-order valence-electron chi connectivity index (χ3n) is 3.63. The van der Waals surface area contributed by atoms with E-state index in [2.05, 4.69) is 4.98 Å². The minimum Gasteiger partial charge on any atom is -0.400 e. The molecule has 102 valence electrons. The number of H-pyrrole nitrogens is 1. The van der Waals surface area contributed by atoms with E-state index < -0.39 is 29.7 Å². The van der Waals surface area contributed by atoms with Crippen LogP contribution in [0.2, 0.25) is 0 Å². The van der Waals surface area contributed by atoms with Crippen LogP contribution in [0.25, 0.3) is 6.08 Å². The average molecular weight is 265 g/mol. The van der Waals surface area contributed by atoms with Crippen molar-refractivity contribution in [1.29, 1.82) is 0 Å². The Kier molecular flexibility index (Phi) is 3.41. The van der Waals surface area contributed by atoms with Crippen molar-refractivity contribution in [3.8, 4) is 0 Å². The van der Waals surface area contributed by atoms with Gasteiger partial charge < -0.3 is 14.3 Å². The van der Waals surface area contributed by atoms with Gasteiger partial charge in [-0.2, -0.15) is 0 Å². The molecule has 4 nitrogen and oxygen atoms in total. The van der Waals surface area contributed by atoms with Crippen LogP contribution in [-0.2, 0) is 9.31 Å². The molecule has 6 heteroatoms. The van der Waals surface area contributed by atoms with Crippen LogP contribution >= 0.6 is 0 Å². The summed E-state index contributed by atoms with van der Waals surface area (Å²) in [5, 5.41) is 0. The summed E-state index contributed by atoms with van der Waals surface area (Å²) in [6, 6.07) is 1.48. The van der Waals surface area contributed by atoms with Gasteiger partial charge in [-0.1, -0.05) is 12.1 Å². The number of aromatic nitrogens is 1. The predicted octanol–water partition coefficient (Wildman–Crippen LogP) is 2.16. The van der Waals surface area contributed by atoms with Gasteiger partial charge in [0.1, 0.15) is 0 Å². The van der Waals surface area contributed by atoms with Crippen LogP contribution < -0.4 is 5.56 Å². The number of pyridine rings is 1. The number of halogens is 1. The van der Waals surface area contributed by atoms with Crippen LogP contribution in [0.5, 0.6) is 0 Å². The molecule has 2 heterocycles. The van der Waals surface area contributed by atoms with Gasteiger partial charge in [-0.3, -0.25) is 4.79 Å². The minimum absolute atomic E-state index is 0.207. The molecule has 1 fully saturated rings. The van der Waals surface area contributed by atoms with Crippen LogP contribution in [0.1, 0.15) is 33.3 Å². The fourth-order valence-electron chi connectivity index (χ4n) is 1.75. The van der Waals surface area contributed by atoms with E-state index in [9.17, 15) is 9.18 Å². The lowest BCUT2D eigenvalue weighted by Crippen LogP contribution is -2.41. The quantitative estimate of drug-likeness (QED) is 0.833. The monoisotopic (exact) mass is 265 g/mol. The van der Waals surface area contributed by atoms with E-state index in [1.165, 1.54) is 18.3 Å². The summed E-state index contributed by atoms with van der Waals surface area (Å²) in [5.74, 6) is 0.796. The Labute approximate surface area is 111 Å². The zero-order valence-electron chi connectivity index (χ0n) is 11.5.